The van der Waals surface area contributed by atoms with Gasteiger partial charge >= 0.3 is 5.97 Å². The molecule has 0 atom stereocenters. The van der Waals surface area contributed by atoms with Gasteiger partial charge in [-0.15, -0.1) is 0 Å². The van der Waals surface area contributed by atoms with Crippen molar-refractivity contribution in [3.8, 4) is 0 Å². The molecule has 1 aromatic carbocycles. The molecular weight excluding hydrogens is 214 g/mol. The number of rotatable bonds is 3. The molecule has 0 unspecified atom stereocenters. The van der Waals surface area contributed by atoms with Gasteiger partial charge in [0, 0.05) is 5.56 Å². The second-order valence-corrected chi connectivity index (χ2v) is 4.27. The van der Waals surface area contributed by atoms with Crippen LogP contribution >= 0.6 is 0 Å². The molecule has 0 amide bonds. The number of carboxylic acid groups (broad SMARTS) is 1. The van der Waals surface area contributed by atoms with Crippen LogP contribution in [-0.4, -0.2) is 11.1 Å². The van der Waals surface area contributed by atoms with Crippen LogP contribution in [0.25, 0.3) is 0 Å². The Hall–Kier alpha value is -1.45. The summed E-state index contributed by atoms with van der Waals surface area (Å²) in [7, 11) is 0. The molecular formula is C12H12F2O2. The van der Waals surface area contributed by atoms with Crippen molar-refractivity contribution in [1.82, 2.24) is 0 Å². The molecule has 2 rings (SSSR count). The minimum atomic E-state index is -0.931. The predicted octanol–water partition coefficient (Wildman–Crippen LogP) is 2.72. The lowest BCUT2D eigenvalue weighted by Gasteiger charge is -2.13. The molecule has 1 saturated carbocycles. The van der Waals surface area contributed by atoms with Crippen molar-refractivity contribution in [1.29, 1.82) is 0 Å². The third-order valence-corrected chi connectivity index (χ3v) is 3.26. The quantitative estimate of drug-likeness (QED) is 0.860. The van der Waals surface area contributed by atoms with Crippen LogP contribution in [0.2, 0.25) is 0 Å². The van der Waals surface area contributed by atoms with Crippen LogP contribution in [0.5, 0.6) is 0 Å². The summed E-state index contributed by atoms with van der Waals surface area (Å²) in [5.41, 5.74) is 0.0163. The number of aliphatic carboxylic acids is 1. The molecule has 16 heavy (non-hydrogen) atoms. The van der Waals surface area contributed by atoms with Crippen LogP contribution in [0.4, 0.5) is 8.78 Å². The van der Waals surface area contributed by atoms with Crippen LogP contribution in [-0.2, 0) is 16.9 Å². The summed E-state index contributed by atoms with van der Waals surface area (Å²) in [6.45, 7) is 0.734. The Bertz CT molecular complexity index is 427. The summed E-state index contributed by atoms with van der Waals surface area (Å²) in [4.78, 5) is 11.1. The van der Waals surface area contributed by atoms with Crippen molar-refractivity contribution < 1.29 is 18.7 Å². The zero-order chi connectivity index (χ0) is 11.9. The van der Waals surface area contributed by atoms with Gasteiger partial charge in [-0.2, -0.15) is 0 Å². The lowest BCUT2D eigenvalue weighted by atomic mass is 9.92. The van der Waals surface area contributed by atoms with Crippen LogP contribution in [0, 0.1) is 12.7 Å². The van der Waals surface area contributed by atoms with Gasteiger partial charge in [0.05, 0.1) is 5.41 Å². The normalized spacial score (nSPS) is 17.2. The molecule has 2 nitrogen and oxygen atoms in total. The lowest BCUT2D eigenvalue weighted by molar-refractivity contribution is -0.140. The number of benzene rings is 1. The molecule has 0 aromatic heterocycles. The van der Waals surface area contributed by atoms with Crippen molar-refractivity contribution >= 4 is 5.97 Å². The molecule has 1 aliphatic carbocycles. The maximum absolute atomic E-state index is 13.5. The highest BCUT2D eigenvalue weighted by atomic mass is 19.1. The largest absolute Gasteiger partial charge is 0.481 e. The van der Waals surface area contributed by atoms with E-state index >= 15 is 0 Å². The Balaban J connectivity index is 2.49. The van der Waals surface area contributed by atoms with E-state index in [4.69, 9.17) is 5.11 Å². The topological polar surface area (TPSA) is 37.3 Å². The van der Waals surface area contributed by atoms with Crippen molar-refractivity contribution in [2.45, 2.75) is 31.9 Å². The first-order chi connectivity index (χ1) is 7.51. The Kier molecular flexibility index (Phi) is 2.45. The van der Waals surface area contributed by atoms with Gasteiger partial charge in [-0.25, -0.2) is 8.78 Å². The monoisotopic (exact) mass is 226 g/mol. The van der Waals surface area contributed by atoms with Crippen molar-refractivity contribution in [2.24, 2.45) is 0 Å². The molecule has 0 bridgehead atoms. The van der Waals surface area contributed by atoms with E-state index in [1.54, 1.807) is 13.0 Å². The molecule has 0 saturated heterocycles. The minimum absolute atomic E-state index is 0.0185. The molecule has 1 N–H and O–H groups in total. The van der Waals surface area contributed by atoms with Gasteiger partial charge in [-0.1, -0.05) is 6.07 Å². The van der Waals surface area contributed by atoms with Gasteiger partial charge in [0.25, 0.3) is 0 Å². The fourth-order valence-electron chi connectivity index (χ4n) is 1.97. The highest BCUT2D eigenvalue weighted by Gasteiger charge is 2.52. The molecule has 1 fully saturated rings. The summed E-state index contributed by atoms with van der Waals surface area (Å²) in [6, 6.07) is 2.74. The Labute approximate surface area is 91.9 Å². The van der Waals surface area contributed by atoms with Crippen LogP contribution in [0.15, 0.2) is 12.1 Å². The van der Waals surface area contributed by atoms with E-state index in [2.05, 4.69) is 0 Å². The van der Waals surface area contributed by atoms with Crippen LogP contribution < -0.4 is 0 Å². The predicted molar refractivity (Wildman–Crippen MR) is 54.5 cm³/mol. The van der Waals surface area contributed by atoms with E-state index in [1.165, 1.54) is 0 Å². The zero-order valence-corrected chi connectivity index (χ0v) is 8.89. The van der Waals surface area contributed by atoms with E-state index in [0.29, 0.717) is 24.0 Å². The lowest BCUT2D eigenvalue weighted by Crippen LogP contribution is -2.20. The average molecular weight is 226 g/mol. The highest BCUT2D eigenvalue weighted by molar-refractivity contribution is 5.85. The number of hydrogen-bond donors (Lipinski definition) is 1. The summed E-state index contributed by atoms with van der Waals surface area (Å²) >= 11 is 0. The van der Waals surface area contributed by atoms with Gasteiger partial charge in [-0.05, 0) is 37.0 Å². The van der Waals surface area contributed by atoms with E-state index in [1.807, 2.05) is 0 Å². The molecule has 86 valence electrons. The Morgan fingerprint density at radius 2 is 2.12 bits per heavy atom. The third-order valence-electron chi connectivity index (χ3n) is 3.26. The summed E-state index contributed by atoms with van der Waals surface area (Å²) < 4.78 is 26.0. The standard InChI is InChI=1S/C12H12F2O2/c1-7-4-8(5-10(14)9(7)6-13)12(2-3-12)11(15)16/h4-5H,2-3,6H2,1H3,(H,15,16). The maximum atomic E-state index is 13.5. The number of aryl methyl sites for hydroxylation is 1. The van der Waals surface area contributed by atoms with Crippen LogP contribution in [0.3, 0.4) is 0 Å². The van der Waals surface area contributed by atoms with Crippen LogP contribution in [0.1, 0.15) is 29.5 Å². The van der Waals surface area contributed by atoms with E-state index in [-0.39, 0.29) is 5.56 Å². The number of carboxylic acids is 1. The SMILES string of the molecule is Cc1cc(C2(C(=O)O)CC2)cc(F)c1CF. The average Bonchev–Trinajstić information content (AvgIpc) is 2.97. The van der Waals surface area contributed by atoms with Gasteiger partial charge in [0.1, 0.15) is 12.5 Å². The molecule has 0 spiro atoms. The van der Waals surface area contributed by atoms with E-state index < -0.39 is 23.9 Å². The van der Waals surface area contributed by atoms with Gasteiger partial charge < -0.3 is 5.11 Å². The number of halogens is 2. The second-order valence-electron chi connectivity index (χ2n) is 4.27. The fraction of sp³-hybridized carbons (Fsp3) is 0.417. The minimum Gasteiger partial charge on any atom is -0.481 e. The molecule has 1 aliphatic rings. The zero-order valence-electron chi connectivity index (χ0n) is 8.89. The smallest absolute Gasteiger partial charge is 0.314 e. The summed E-state index contributed by atoms with van der Waals surface area (Å²) in [5, 5.41) is 9.07. The maximum Gasteiger partial charge on any atom is 0.314 e. The van der Waals surface area contributed by atoms with E-state index in [0.717, 1.165) is 6.07 Å². The highest BCUT2D eigenvalue weighted by Crippen LogP contribution is 2.49. The van der Waals surface area contributed by atoms with Crippen molar-refractivity contribution in [3.05, 3.63) is 34.6 Å². The summed E-state index contributed by atoms with van der Waals surface area (Å²) in [5.74, 6) is -1.58. The number of alkyl halides is 1. The first kappa shape index (κ1) is 11.0. The Morgan fingerprint density at radius 1 is 1.50 bits per heavy atom. The number of carbonyl (C=O) groups is 1. The molecule has 0 heterocycles. The first-order valence-corrected chi connectivity index (χ1v) is 5.10. The third kappa shape index (κ3) is 1.49. The van der Waals surface area contributed by atoms with Crippen molar-refractivity contribution in [2.75, 3.05) is 0 Å². The van der Waals surface area contributed by atoms with Gasteiger partial charge in [-0.3, -0.25) is 4.79 Å². The number of hydrogen-bond acceptors (Lipinski definition) is 1. The van der Waals surface area contributed by atoms with Gasteiger partial charge in [0.2, 0.25) is 0 Å². The Morgan fingerprint density at radius 3 is 2.50 bits per heavy atom. The first-order valence-electron chi connectivity index (χ1n) is 5.10. The fourth-order valence-corrected chi connectivity index (χ4v) is 1.97. The summed E-state index contributed by atoms with van der Waals surface area (Å²) in [6.07, 6.45) is 1.05. The second kappa shape index (κ2) is 3.54. The van der Waals surface area contributed by atoms with Gasteiger partial charge in [0.15, 0.2) is 0 Å². The van der Waals surface area contributed by atoms with E-state index in [9.17, 15) is 13.6 Å². The molecule has 4 heteroatoms. The molecule has 0 aliphatic heterocycles. The molecule has 0 radical (unpaired) electrons. The molecule has 1 aromatic rings. The van der Waals surface area contributed by atoms with Crippen molar-refractivity contribution in [3.63, 3.8) is 0 Å².